The van der Waals surface area contributed by atoms with Gasteiger partial charge < -0.3 is 10.8 Å². The third-order valence-corrected chi connectivity index (χ3v) is 3.69. The molecule has 0 unspecified atom stereocenters. The molecular weight excluding hydrogens is 395 g/mol. The lowest BCUT2D eigenvalue weighted by molar-refractivity contribution is 0.256. The average Bonchev–Trinajstić information content (AvgIpc) is 2.37. The summed E-state index contributed by atoms with van der Waals surface area (Å²) in [6.45, 7) is 0. The summed E-state index contributed by atoms with van der Waals surface area (Å²) in [6, 6.07) is 8.43. The molecule has 0 saturated carbocycles. The number of amides is 2. The van der Waals surface area contributed by atoms with Gasteiger partial charge in [-0.2, -0.15) is 0 Å². The predicted molar refractivity (Wildman–Crippen MR) is 81.6 cm³/mol. The van der Waals surface area contributed by atoms with Crippen molar-refractivity contribution in [3.8, 4) is 5.75 Å². The highest BCUT2D eigenvalue weighted by Gasteiger charge is 2.23. The number of primary amides is 1. The number of benzene rings is 2. The molecule has 0 heterocycles. The number of para-hydroxylation sites is 1. The molecular formula is C13H9Br2FN2O2. The molecule has 20 heavy (non-hydrogen) atoms. The first-order valence-corrected chi connectivity index (χ1v) is 7.02. The molecule has 2 rings (SSSR count). The summed E-state index contributed by atoms with van der Waals surface area (Å²) in [4.78, 5) is 12.7. The number of halogens is 3. The third-order valence-electron chi connectivity index (χ3n) is 2.56. The quantitative estimate of drug-likeness (QED) is 0.786. The SMILES string of the molecule is NC(=O)N(c1ccccc1Br)c1cc(Br)cc(F)c1O. The molecule has 7 heteroatoms. The largest absolute Gasteiger partial charge is 0.503 e. The van der Waals surface area contributed by atoms with Crippen LogP contribution >= 0.6 is 31.9 Å². The van der Waals surface area contributed by atoms with Crippen LogP contribution in [0.1, 0.15) is 0 Å². The fraction of sp³-hybridized carbons (Fsp3) is 0. The van der Waals surface area contributed by atoms with E-state index in [1.807, 2.05) is 0 Å². The van der Waals surface area contributed by atoms with Gasteiger partial charge in [-0.05, 0) is 40.2 Å². The minimum absolute atomic E-state index is 0.0451. The Kier molecular flexibility index (Phi) is 4.29. The lowest BCUT2D eigenvalue weighted by atomic mass is 10.2. The van der Waals surface area contributed by atoms with Crippen LogP contribution in [0, 0.1) is 5.82 Å². The van der Waals surface area contributed by atoms with Crippen LogP contribution in [0.3, 0.4) is 0 Å². The van der Waals surface area contributed by atoms with Crippen LogP contribution in [-0.4, -0.2) is 11.1 Å². The van der Waals surface area contributed by atoms with E-state index in [9.17, 15) is 14.3 Å². The van der Waals surface area contributed by atoms with Gasteiger partial charge in [0.15, 0.2) is 11.6 Å². The van der Waals surface area contributed by atoms with Crippen molar-refractivity contribution in [2.45, 2.75) is 0 Å². The number of hydrogen-bond donors (Lipinski definition) is 2. The highest BCUT2D eigenvalue weighted by Crippen LogP contribution is 2.39. The summed E-state index contributed by atoms with van der Waals surface area (Å²) in [5.74, 6) is -1.50. The topological polar surface area (TPSA) is 66.6 Å². The monoisotopic (exact) mass is 402 g/mol. The maximum atomic E-state index is 13.6. The van der Waals surface area contributed by atoms with Gasteiger partial charge in [0.05, 0.1) is 11.4 Å². The Morgan fingerprint density at radius 2 is 1.85 bits per heavy atom. The maximum absolute atomic E-state index is 13.6. The minimum Gasteiger partial charge on any atom is -0.503 e. The highest BCUT2D eigenvalue weighted by atomic mass is 79.9. The number of anilines is 2. The molecule has 0 aliphatic rings. The summed E-state index contributed by atoms with van der Waals surface area (Å²) >= 11 is 6.40. The van der Waals surface area contributed by atoms with Crippen LogP contribution in [0.15, 0.2) is 45.3 Å². The number of phenols is 1. The molecule has 2 aromatic rings. The smallest absolute Gasteiger partial charge is 0.324 e. The fourth-order valence-corrected chi connectivity index (χ4v) is 2.60. The van der Waals surface area contributed by atoms with Crippen molar-refractivity contribution in [3.05, 3.63) is 51.2 Å². The van der Waals surface area contributed by atoms with E-state index in [0.717, 1.165) is 11.0 Å². The van der Waals surface area contributed by atoms with Crippen molar-refractivity contribution in [1.82, 2.24) is 0 Å². The summed E-state index contributed by atoms with van der Waals surface area (Å²) in [7, 11) is 0. The molecule has 0 bridgehead atoms. The molecule has 2 aromatic carbocycles. The zero-order chi connectivity index (χ0) is 14.9. The van der Waals surface area contributed by atoms with E-state index in [4.69, 9.17) is 5.73 Å². The number of aromatic hydroxyl groups is 1. The molecule has 0 aliphatic heterocycles. The molecule has 0 radical (unpaired) electrons. The first kappa shape index (κ1) is 14.8. The van der Waals surface area contributed by atoms with Gasteiger partial charge in [0.25, 0.3) is 0 Å². The highest BCUT2D eigenvalue weighted by molar-refractivity contribution is 9.10. The molecule has 0 aliphatic carbocycles. The maximum Gasteiger partial charge on any atom is 0.324 e. The average molecular weight is 404 g/mol. The van der Waals surface area contributed by atoms with E-state index in [-0.39, 0.29) is 5.69 Å². The van der Waals surface area contributed by atoms with Crippen LogP contribution in [0.2, 0.25) is 0 Å². The molecule has 0 spiro atoms. The number of phenolic OH excluding ortho intramolecular Hbond substituents is 1. The van der Waals surface area contributed by atoms with Gasteiger partial charge in [0, 0.05) is 8.95 Å². The standard InChI is InChI=1S/C13H9Br2FN2O2/c14-7-5-9(16)12(19)11(6-7)18(13(17)20)10-4-2-1-3-8(10)15/h1-6,19H,(H2,17,20). The van der Waals surface area contributed by atoms with Crippen molar-refractivity contribution in [1.29, 1.82) is 0 Å². The first-order chi connectivity index (χ1) is 9.41. The zero-order valence-electron chi connectivity index (χ0n) is 9.98. The molecule has 2 amide bonds. The van der Waals surface area contributed by atoms with Gasteiger partial charge in [-0.1, -0.05) is 28.1 Å². The van der Waals surface area contributed by atoms with E-state index in [1.54, 1.807) is 24.3 Å². The van der Waals surface area contributed by atoms with E-state index in [2.05, 4.69) is 31.9 Å². The Hall–Kier alpha value is -1.60. The summed E-state index contributed by atoms with van der Waals surface area (Å²) in [5.41, 5.74) is 5.71. The van der Waals surface area contributed by atoms with E-state index < -0.39 is 17.6 Å². The van der Waals surface area contributed by atoms with Gasteiger partial charge in [0.2, 0.25) is 0 Å². The molecule has 0 saturated heterocycles. The third kappa shape index (κ3) is 2.78. The Bertz CT molecular complexity index is 679. The lowest BCUT2D eigenvalue weighted by Gasteiger charge is -2.23. The number of carbonyl (C=O) groups is 1. The Morgan fingerprint density at radius 1 is 1.20 bits per heavy atom. The summed E-state index contributed by atoms with van der Waals surface area (Å²) in [5, 5.41) is 9.83. The van der Waals surface area contributed by atoms with Gasteiger partial charge in [-0.25, -0.2) is 9.18 Å². The van der Waals surface area contributed by atoms with Crippen LogP contribution in [0.25, 0.3) is 0 Å². The Morgan fingerprint density at radius 3 is 2.45 bits per heavy atom. The zero-order valence-corrected chi connectivity index (χ0v) is 13.2. The predicted octanol–water partition coefficient (Wildman–Crippen LogP) is 4.27. The van der Waals surface area contributed by atoms with Crippen molar-refractivity contribution < 1.29 is 14.3 Å². The molecule has 0 atom stereocenters. The van der Waals surface area contributed by atoms with Crippen LogP contribution < -0.4 is 10.6 Å². The van der Waals surface area contributed by atoms with Crippen molar-refractivity contribution in [2.75, 3.05) is 4.90 Å². The number of carbonyl (C=O) groups excluding carboxylic acids is 1. The van der Waals surface area contributed by atoms with Gasteiger partial charge in [-0.15, -0.1) is 0 Å². The summed E-state index contributed by atoms with van der Waals surface area (Å²) in [6.07, 6.45) is 0. The Labute approximate surface area is 131 Å². The number of nitrogens with two attached hydrogens (primary N) is 1. The molecule has 0 aromatic heterocycles. The van der Waals surface area contributed by atoms with Crippen molar-refractivity contribution >= 4 is 49.3 Å². The molecule has 4 nitrogen and oxygen atoms in total. The van der Waals surface area contributed by atoms with Gasteiger partial charge in [0.1, 0.15) is 0 Å². The van der Waals surface area contributed by atoms with Crippen molar-refractivity contribution in [2.24, 2.45) is 5.73 Å². The van der Waals surface area contributed by atoms with E-state index >= 15 is 0 Å². The number of hydrogen-bond acceptors (Lipinski definition) is 2. The van der Waals surface area contributed by atoms with Gasteiger partial charge >= 0.3 is 6.03 Å². The molecule has 0 fully saturated rings. The van der Waals surface area contributed by atoms with Crippen LogP contribution in [0.5, 0.6) is 5.75 Å². The number of nitrogens with zero attached hydrogens (tertiary/aromatic N) is 1. The number of rotatable bonds is 2. The van der Waals surface area contributed by atoms with Gasteiger partial charge in [-0.3, -0.25) is 4.90 Å². The first-order valence-electron chi connectivity index (χ1n) is 5.44. The van der Waals surface area contributed by atoms with E-state index in [0.29, 0.717) is 14.6 Å². The normalized spacial score (nSPS) is 10.3. The molecule has 104 valence electrons. The number of urea groups is 1. The Balaban J connectivity index is 2.67. The lowest BCUT2D eigenvalue weighted by Crippen LogP contribution is -2.31. The minimum atomic E-state index is -0.854. The van der Waals surface area contributed by atoms with E-state index in [1.165, 1.54) is 6.07 Å². The second-order valence-electron chi connectivity index (χ2n) is 3.88. The second-order valence-corrected chi connectivity index (χ2v) is 5.65. The van der Waals surface area contributed by atoms with Crippen LogP contribution in [0.4, 0.5) is 20.6 Å². The van der Waals surface area contributed by atoms with Crippen molar-refractivity contribution in [3.63, 3.8) is 0 Å². The summed E-state index contributed by atoms with van der Waals surface area (Å²) < 4.78 is 14.6. The second kappa shape index (κ2) is 5.80. The fourth-order valence-electron chi connectivity index (χ4n) is 1.72. The molecule has 3 N–H and O–H groups in total. The van der Waals surface area contributed by atoms with Crippen LogP contribution in [-0.2, 0) is 0 Å².